The lowest BCUT2D eigenvalue weighted by molar-refractivity contribution is -0.133. The first-order valence-corrected chi connectivity index (χ1v) is 8.53. The number of nitrogens with one attached hydrogen (secondary N) is 2. The molecule has 4 N–H and O–H groups in total. The second kappa shape index (κ2) is 7.80. The number of hydrogen-bond donors (Lipinski definition) is 4. The number of halogens is 4. The van der Waals surface area contributed by atoms with Gasteiger partial charge in [0.15, 0.2) is 11.5 Å². The van der Waals surface area contributed by atoms with E-state index in [1.54, 1.807) is 13.8 Å². The van der Waals surface area contributed by atoms with Crippen LogP contribution in [-0.2, 0) is 9.59 Å². The second-order valence-electron chi connectivity index (χ2n) is 5.30. The lowest BCUT2D eigenvalue weighted by atomic mass is 10.2. The van der Waals surface area contributed by atoms with Gasteiger partial charge in [-0.1, -0.05) is 46.4 Å². The van der Waals surface area contributed by atoms with Crippen molar-refractivity contribution in [3.63, 3.8) is 0 Å². The zero-order chi connectivity index (χ0) is 19.8. The highest BCUT2D eigenvalue weighted by Gasteiger charge is 2.21. The van der Waals surface area contributed by atoms with Gasteiger partial charge in [-0.2, -0.15) is 0 Å². The second-order valence-corrected chi connectivity index (χ2v) is 6.87. The highest BCUT2D eigenvalue weighted by atomic mass is 35.5. The van der Waals surface area contributed by atoms with E-state index in [0.29, 0.717) is 11.1 Å². The Balaban J connectivity index is 2.24. The van der Waals surface area contributed by atoms with E-state index in [-0.39, 0.29) is 31.5 Å². The van der Waals surface area contributed by atoms with Gasteiger partial charge in [-0.3, -0.25) is 9.59 Å². The summed E-state index contributed by atoms with van der Waals surface area (Å²) < 4.78 is 0. The molecule has 0 heterocycles. The monoisotopic (exact) mass is 436 g/mol. The molecule has 2 aromatic rings. The maximum absolute atomic E-state index is 12.1. The summed E-state index contributed by atoms with van der Waals surface area (Å²) in [6.45, 7) is 3.16. The van der Waals surface area contributed by atoms with Gasteiger partial charge >= 0.3 is 11.8 Å². The summed E-state index contributed by atoms with van der Waals surface area (Å²) in [5.41, 5.74) is 0.550. The van der Waals surface area contributed by atoms with Crippen molar-refractivity contribution in [2.75, 3.05) is 10.6 Å². The van der Waals surface area contributed by atoms with Gasteiger partial charge < -0.3 is 20.8 Å². The molecule has 0 aliphatic carbocycles. The molecule has 2 amide bonds. The first-order chi connectivity index (χ1) is 12.0. The van der Waals surface area contributed by atoms with E-state index < -0.39 is 23.3 Å². The molecule has 0 aromatic heterocycles. The smallest absolute Gasteiger partial charge is 0.314 e. The van der Waals surface area contributed by atoms with E-state index in [1.807, 2.05) is 0 Å². The number of rotatable bonds is 2. The Bertz CT molecular complexity index is 856. The van der Waals surface area contributed by atoms with Gasteiger partial charge in [-0.25, -0.2) is 0 Å². The zero-order valence-corrected chi connectivity index (χ0v) is 16.4. The van der Waals surface area contributed by atoms with Crippen molar-refractivity contribution < 1.29 is 19.8 Å². The average molecular weight is 438 g/mol. The van der Waals surface area contributed by atoms with Crippen LogP contribution in [0.4, 0.5) is 11.4 Å². The zero-order valence-electron chi connectivity index (χ0n) is 13.4. The van der Waals surface area contributed by atoms with E-state index >= 15 is 0 Å². The number of anilines is 2. The maximum Gasteiger partial charge on any atom is 0.314 e. The summed E-state index contributed by atoms with van der Waals surface area (Å²) in [5, 5.41) is 24.6. The molecule has 0 saturated heterocycles. The van der Waals surface area contributed by atoms with Crippen LogP contribution in [0.2, 0.25) is 20.1 Å². The summed E-state index contributed by atoms with van der Waals surface area (Å²) in [7, 11) is 0. The molecular weight excluding hydrogens is 426 g/mol. The van der Waals surface area contributed by atoms with Crippen LogP contribution in [0.5, 0.6) is 11.5 Å². The number of carbonyl (C=O) groups excluding carboxylic acids is 2. The molecule has 0 radical (unpaired) electrons. The van der Waals surface area contributed by atoms with Crippen molar-refractivity contribution in [2.45, 2.75) is 13.8 Å². The standard InChI is InChI=1S/C16H12Cl4N2O4/c1-5-7(17)3-9(13(23)11(5)19)21-15(25)16(26)22-10-4-8(18)6(2)12(20)14(10)24/h3-4,23-24H,1-2H3,(H,21,25)(H,22,26). The molecule has 0 aliphatic rings. The minimum absolute atomic E-state index is 0.0528. The Labute approximate surface area is 168 Å². The molecule has 0 bridgehead atoms. The molecule has 6 nitrogen and oxygen atoms in total. The van der Waals surface area contributed by atoms with Gasteiger partial charge in [0.05, 0.1) is 21.4 Å². The average Bonchev–Trinajstić information content (AvgIpc) is 2.60. The molecule has 2 aromatic carbocycles. The quantitative estimate of drug-likeness (QED) is 0.396. The third-order valence-electron chi connectivity index (χ3n) is 3.55. The van der Waals surface area contributed by atoms with Gasteiger partial charge in [-0.15, -0.1) is 0 Å². The van der Waals surface area contributed by atoms with Crippen LogP contribution < -0.4 is 10.6 Å². The Kier molecular flexibility index (Phi) is 6.13. The first kappa shape index (κ1) is 20.5. The Hall–Kier alpha value is -1.86. The van der Waals surface area contributed by atoms with Crippen LogP contribution in [0.3, 0.4) is 0 Å². The van der Waals surface area contributed by atoms with E-state index in [1.165, 1.54) is 12.1 Å². The fourth-order valence-electron chi connectivity index (χ4n) is 1.96. The van der Waals surface area contributed by atoms with Crippen LogP contribution >= 0.6 is 46.4 Å². The molecule has 0 saturated carbocycles. The molecule has 2 rings (SSSR count). The van der Waals surface area contributed by atoms with Gasteiger partial charge in [0, 0.05) is 10.0 Å². The number of hydrogen-bond acceptors (Lipinski definition) is 4. The van der Waals surface area contributed by atoms with Crippen molar-refractivity contribution in [3.05, 3.63) is 43.4 Å². The number of aromatic hydroxyl groups is 2. The fourth-order valence-corrected chi connectivity index (χ4v) is 2.87. The molecule has 0 aliphatic heterocycles. The van der Waals surface area contributed by atoms with Gasteiger partial charge in [0.1, 0.15) is 0 Å². The van der Waals surface area contributed by atoms with Gasteiger partial charge in [0.25, 0.3) is 0 Å². The summed E-state index contributed by atoms with van der Waals surface area (Å²) >= 11 is 23.7. The normalized spacial score (nSPS) is 10.5. The minimum Gasteiger partial charge on any atom is -0.504 e. The Morgan fingerprint density at radius 3 is 1.38 bits per heavy atom. The lowest BCUT2D eigenvalue weighted by Gasteiger charge is -2.13. The number of carbonyl (C=O) groups is 2. The van der Waals surface area contributed by atoms with Crippen LogP contribution in [0.1, 0.15) is 11.1 Å². The van der Waals surface area contributed by atoms with Crippen molar-refractivity contribution in [1.29, 1.82) is 0 Å². The number of phenolic OH excluding ortho intramolecular Hbond substituents is 2. The third-order valence-corrected chi connectivity index (χ3v) is 5.26. The third kappa shape index (κ3) is 3.94. The molecule has 0 unspecified atom stereocenters. The van der Waals surface area contributed by atoms with Crippen LogP contribution in [0.15, 0.2) is 12.1 Å². The number of phenols is 2. The van der Waals surface area contributed by atoms with Crippen molar-refractivity contribution in [1.82, 2.24) is 0 Å². The predicted octanol–water partition coefficient (Wildman–Crippen LogP) is 4.91. The Morgan fingerprint density at radius 1 is 0.769 bits per heavy atom. The summed E-state index contributed by atoms with van der Waals surface area (Å²) in [4.78, 5) is 24.1. The molecule has 10 heteroatoms. The number of amides is 2. The van der Waals surface area contributed by atoms with E-state index in [4.69, 9.17) is 46.4 Å². The molecule has 0 fully saturated rings. The lowest BCUT2D eigenvalue weighted by Crippen LogP contribution is -2.29. The van der Waals surface area contributed by atoms with Crippen molar-refractivity contribution >= 4 is 69.6 Å². The van der Waals surface area contributed by atoms with Gasteiger partial charge in [0.2, 0.25) is 0 Å². The van der Waals surface area contributed by atoms with Gasteiger partial charge in [-0.05, 0) is 37.1 Å². The SMILES string of the molecule is Cc1c(Cl)cc(NC(=O)C(=O)Nc2cc(Cl)c(C)c(Cl)c2O)c(O)c1Cl. The molecule has 26 heavy (non-hydrogen) atoms. The van der Waals surface area contributed by atoms with Crippen LogP contribution in [0, 0.1) is 13.8 Å². The summed E-state index contributed by atoms with van der Waals surface area (Å²) in [5.74, 6) is -3.13. The molecule has 138 valence electrons. The maximum atomic E-state index is 12.1. The number of benzene rings is 2. The van der Waals surface area contributed by atoms with Crippen LogP contribution in [0.25, 0.3) is 0 Å². The topological polar surface area (TPSA) is 98.7 Å². The minimum atomic E-state index is -1.14. The highest BCUT2D eigenvalue weighted by molar-refractivity contribution is 6.45. The van der Waals surface area contributed by atoms with Crippen LogP contribution in [-0.4, -0.2) is 22.0 Å². The van der Waals surface area contributed by atoms with E-state index in [2.05, 4.69) is 10.6 Å². The predicted molar refractivity (Wildman–Crippen MR) is 103 cm³/mol. The van der Waals surface area contributed by atoms with E-state index in [9.17, 15) is 19.8 Å². The summed E-state index contributed by atoms with van der Waals surface area (Å²) in [6.07, 6.45) is 0. The van der Waals surface area contributed by atoms with E-state index in [0.717, 1.165) is 0 Å². The van der Waals surface area contributed by atoms with Crippen molar-refractivity contribution in [2.24, 2.45) is 0 Å². The molecule has 0 spiro atoms. The summed E-state index contributed by atoms with van der Waals surface area (Å²) in [6, 6.07) is 2.50. The Morgan fingerprint density at radius 2 is 1.08 bits per heavy atom. The molecule has 0 atom stereocenters. The largest absolute Gasteiger partial charge is 0.504 e. The van der Waals surface area contributed by atoms with Crippen molar-refractivity contribution in [3.8, 4) is 11.5 Å². The fraction of sp³-hybridized carbons (Fsp3) is 0.125. The molecular formula is C16H12Cl4N2O4. The highest BCUT2D eigenvalue weighted by Crippen LogP contribution is 2.40. The first-order valence-electron chi connectivity index (χ1n) is 7.02.